The van der Waals surface area contributed by atoms with Gasteiger partial charge in [-0.25, -0.2) is 9.18 Å². The van der Waals surface area contributed by atoms with Crippen LogP contribution in [0.25, 0.3) is 16.5 Å². The molecule has 0 saturated carbocycles. The summed E-state index contributed by atoms with van der Waals surface area (Å²) in [5, 5.41) is 8.91. The lowest BCUT2D eigenvalue weighted by Gasteiger charge is -2.11. The second-order valence-corrected chi connectivity index (χ2v) is 7.74. The fourth-order valence-electron chi connectivity index (χ4n) is 3.28. The van der Waals surface area contributed by atoms with Crippen LogP contribution in [-0.2, 0) is 4.74 Å². The first-order chi connectivity index (χ1) is 15.4. The molecule has 1 amide bonds. The number of esters is 1. The van der Waals surface area contributed by atoms with Gasteiger partial charge in [-0.2, -0.15) is 9.78 Å². The second-order valence-electron chi connectivity index (χ2n) is 6.86. The van der Waals surface area contributed by atoms with E-state index in [4.69, 9.17) is 4.74 Å². The molecule has 2 aromatic carbocycles. The molecule has 32 heavy (non-hydrogen) atoms. The number of nitrogens with one attached hydrogen (secondary N) is 1. The van der Waals surface area contributed by atoms with Gasteiger partial charge in [-0.3, -0.25) is 9.59 Å². The summed E-state index contributed by atoms with van der Waals surface area (Å²) in [4.78, 5) is 38.7. The molecule has 2 aromatic heterocycles. The highest BCUT2D eigenvalue weighted by molar-refractivity contribution is 7.16. The maximum absolute atomic E-state index is 14.5. The molecule has 0 radical (unpaired) electrons. The predicted octanol–water partition coefficient (Wildman–Crippen LogP) is 4.32. The van der Waals surface area contributed by atoms with Gasteiger partial charge in [-0.15, -0.1) is 11.3 Å². The van der Waals surface area contributed by atoms with Crippen molar-refractivity contribution in [3.63, 3.8) is 0 Å². The lowest BCUT2D eigenvalue weighted by molar-refractivity contribution is 0.0519. The van der Waals surface area contributed by atoms with Crippen LogP contribution in [0.3, 0.4) is 0 Å². The van der Waals surface area contributed by atoms with Gasteiger partial charge in [0.15, 0.2) is 5.69 Å². The number of hydrogen-bond donors (Lipinski definition) is 1. The zero-order valence-corrected chi connectivity index (χ0v) is 18.0. The predicted molar refractivity (Wildman–Crippen MR) is 120 cm³/mol. The maximum Gasteiger partial charge on any atom is 0.359 e. The number of carbonyl (C=O) groups excluding carboxylic acids is 2. The molecule has 1 N–H and O–H groups in total. The number of hydrogen-bond acceptors (Lipinski definition) is 6. The zero-order valence-electron chi connectivity index (χ0n) is 17.2. The van der Waals surface area contributed by atoms with Gasteiger partial charge in [0.25, 0.3) is 11.5 Å². The van der Waals surface area contributed by atoms with E-state index in [1.165, 1.54) is 18.2 Å². The molecule has 9 heteroatoms. The Balaban J connectivity index is 1.92. The standard InChI is InChI=1S/C23H18FN3O4S/c1-3-31-23(30)19-15-12-32-21(25-20(28)14-9-5-4-8-13(14)2)18(15)22(29)27(26-19)17-11-7-6-10-16(17)24/h4-12H,3H2,1-2H3,(H,25,28). The van der Waals surface area contributed by atoms with Crippen LogP contribution in [0.5, 0.6) is 0 Å². The molecule has 0 aliphatic rings. The van der Waals surface area contributed by atoms with Crippen LogP contribution in [0.4, 0.5) is 9.39 Å². The Morgan fingerprint density at radius 3 is 2.59 bits per heavy atom. The summed E-state index contributed by atoms with van der Waals surface area (Å²) in [6.07, 6.45) is 0. The molecule has 0 aliphatic carbocycles. The number of rotatable bonds is 5. The smallest absolute Gasteiger partial charge is 0.359 e. The third-order valence-electron chi connectivity index (χ3n) is 4.82. The number of anilines is 1. The largest absolute Gasteiger partial charge is 0.461 e. The molecule has 0 atom stereocenters. The highest BCUT2D eigenvalue weighted by Crippen LogP contribution is 2.31. The fourth-order valence-corrected chi connectivity index (χ4v) is 4.21. The Morgan fingerprint density at radius 1 is 1.16 bits per heavy atom. The number of thiophene rings is 1. The third-order valence-corrected chi connectivity index (χ3v) is 5.71. The number of para-hydroxylation sites is 1. The van der Waals surface area contributed by atoms with Crippen molar-refractivity contribution in [3.8, 4) is 5.69 Å². The molecule has 0 saturated heterocycles. The molecule has 2 heterocycles. The first-order valence-electron chi connectivity index (χ1n) is 9.76. The van der Waals surface area contributed by atoms with Gasteiger partial charge < -0.3 is 10.1 Å². The summed E-state index contributed by atoms with van der Waals surface area (Å²) < 4.78 is 20.4. The van der Waals surface area contributed by atoms with Gasteiger partial charge in [0.1, 0.15) is 16.5 Å². The molecule has 7 nitrogen and oxygen atoms in total. The number of halogens is 1. The average molecular weight is 451 g/mol. The van der Waals surface area contributed by atoms with Gasteiger partial charge in [-0.1, -0.05) is 30.3 Å². The summed E-state index contributed by atoms with van der Waals surface area (Å²) in [6, 6.07) is 12.6. The zero-order chi connectivity index (χ0) is 22.8. The lowest BCUT2D eigenvalue weighted by Crippen LogP contribution is -2.26. The first-order valence-corrected chi connectivity index (χ1v) is 10.6. The van der Waals surface area contributed by atoms with Crippen LogP contribution < -0.4 is 10.9 Å². The maximum atomic E-state index is 14.5. The van der Waals surface area contributed by atoms with Crippen LogP contribution in [0, 0.1) is 12.7 Å². The van der Waals surface area contributed by atoms with E-state index in [2.05, 4.69) is 10.4 Å². The number of aryl methyl sites for hydroxylation is 1. The highest BCUT2D eigenvalue weighted by atomic mass is 32.1. The van der Waals surface area contributed by atoms with E-state index < -0.39 is 23.3 Å². The number of benzene rings is 2. The normalized spacial score (nSPS) is 10.8. The minimum absolute atomic E-state index is 0.0539. The van der Waals surface area contributed by atoms with E-state index in [9.17, 15) is 18.8 Å². The summed E-state index contributed by atoms with van der Waals surface area (Å²) in [7, 11) is 0. The number of fused-ring (bicyclic) bond motifs is 1. The molecule has 4 rings (SSSR count). The molecule has 0 spiro atoms. The minimum Gasteiger partial charge on any atom is -0.461 e. The van der Waals surface area contributed by atoms with Crippen molar-refractivity contribution in [2.24, 2.45) is 0 Å². The quantitative estimate of drug-likeness (QED) is 0.457. The van der Waals surface area contributed by atoms with Crippen LogP contribution in [0.2, 0.25) is 0 Å². The average Bonchev–Trinajstić information content (AvgIpc) is 3.19. The highest BCUT2D eigenvalue weighted by Gasteiger charge is 2.24. The van der Waals surface area contributed by atoms with E-state index in [0.717, 1.165) is 21.6 Å². The topological polar surface area (TPSA) is 90.3 Å². The van der Waals surface area contributed by atoms with Crippen LogP contribution in [-0.4, -0.2) is 28.3 Å². The Hall–Kier alpha value is -3.85. The monoisotopic (exact) mass is 451 g/mol. The van der Waals surface area contributed by atoms with Crippen LogP contribution in [0.15, 0.2) is 58.7 Å². The van der Waals surface area contributed by atoms with Crippen LogP contribution in [0.1, 0.15) is 33.3 Å². The fraction of sp³-hybridized carbons (Fsp3) is 0.130. The molecule has 0 unspecified atom stereocenters. The van der Waals surface area contributed by atoms with Crippen molar-refractivity contribution >= 4 is 39.0 Å². The van der Waals surface area contributed by atoms with Gasteiger partial charge in [0.2, 0.25) is 0 Å². The van der Waals surface area contributed by atoms with E-state index in [1.807, 2.05) is 6.07 Å². The molecule has 4 aromatic rings. The van der Waals surface area contributed by atoms with Crippen molar-refractivity contribution in [1.82, 2.24) is 9.78 Å². The Labute approximate surface area is 186 Å². The molecule has 0 fully saturated rings. The molecule has 0 aliphatic heterocycles. The van der Waals surface area contributed by atoms with Gasteiger partial charge in [0.05, 0.1) is 12.0 Å². The number of aromatic nitrogens is 2. The molecular weight excluding hydrogens is 433 g/mol. The summed E-state index contributed by atoms with van der Waals surface area (Å²) in [5.41, 5.74) is 0.288. The van der Waals surface area contributed by atoms with E-state index >= 15 is 0 Å². The van der Waals surface area contributed by atoms with Crippen molar-refractivity contribution in [1.29, 1.82) is 0 Å². The van der Waals surface area contributed by atoms with Crippen LogP contribution >= 0.6 is 11.3 Å². The first kappa shape index (κ1) is 21.4. The molecule has 0 bridgehead atoms. The SMILES string of the molecule is CCOC(=O)c1nn(-c2ccccc2F)c(=O)c2c(NC(=O)c3ccccc3C)scc12. The van der Waals surface area contributed by atoms with Crippen molar-refractivity contribution in [3.05, 3.63) is 86.9 Å². The Kier molecular flexibility index (Phi) is 5.83. The summed E-state index contributed by atoms with van der Waals surface area (Å²) in [5.74, 6) is -1.84. The van der Waals surface area contributed by atoms with Crippen molar-refractivity contribution in [2.45, 2.75) is 13.8 Å². The number of amides is 1. The number of ether oxygens (including phenoxy) is 1. The number of nitrogens with zero attached hydrogens (tertiary/aromatic N) is 2. The van der Waals surface area contributed by atoms with Gasteiger partial charge in [0, 0.05) is 16.3 Å². The van der Waals surface area contributed by atoms with Gasteiger partial charge >= 0.3 is 5.97 Å². The lowest BCUT2D eigenvalue weighted by atomic mass is 10.1. The van der Waals surface area contributed by atoms with Crippen molar-refractivity contribution < 1.29 is 18.7 Å². The Bertz CT molecular complexity index is 1410. The number of carbonyl (C=O) groups is 2. The molecular formula is C23H18FN3O4S. The summed E-state index contributed by atoms with van der Waals surface area (Å²) >= 11 is 1.08. The van der Waals surface area contributed by atoms with Crippen molar-refractivity contribution in [2.75, 3.05) is 11.9 Å². The second kappa shape index (κ2) is 8.72. The minimum atomic E-state index is -0.753. The van der Waals surface area contributed by atoms with E-state index in [0.29, 0.717) is 5.56 Å². The Morgan fingerprint density at radius 2 is 1.88 bits per heavy atom. The van der Waals surface area contributed by atoms with Gasteiger partial charge in [-0.05, 0) is 37.6 Å². The van der Waals surface area contributed by atoms with E-state index in [-0.39, 0.29) is 33.8 Å². The summed E-state index contributed by atoms with van der Waals surface area (Å²) in [6.45, 7) is 3.54. The van der Waals surface area contributed by atoms with E-state index in [1.54, 1.807) is 43.5 Å². The third kappa shape index (κ3) is 3.78. The molecule has 162 valence electrons.